The van der Waals surface area contributed by atoms with E-state index in [0.717, 1.165) is 11.3 Å². The fourth-order valence-corrected chi connectivity index (χ4v) is 2.38. The Hall–Kier alpha value is -2.81. The van der Waals surface area contributed by atoms with Crippen LogP contribution in [0.5, 0.6) is 0 Å². The Morgan fingerprint density at radius 1 is 1.27 bits per heavy atom. The smallest absolute Gasteiger partial charge is 0.304 e. The van der Waals surface area contributed by atoms with Crippen molar-refractivity contribution in [1.29, 1.82) is 0 Å². The van der Waals surface area contributed by atoms with Gasteiger partial charge in [0.05, 0.1) is 6.54 Å². The van der Waals surface area contributed by atoms with Gasteiger partial charge in [-0.05, 0) is 24.6 Å². The highest BCUT2D eigenvalue weighted by molar-refractivity contribution is 6.30. The maximum Gasteiger partial charge on any atom is 0.432 e. The Balaban J connectivity index is 1.71. The number of nitrogens with zero attached hydrogens (tertiary/aromatic N) is 3. The number of rotatable bonds is 4. The summed E-state index contributed by atoms with van der Waals surface area (Å²) in [5, 5.41) is 12.5. The van der Waals surface area contributed by atoms with Crippen LogP contribution < -0.4 is 5.32 Å². The van der Waals surface area contributed by atoms with Crippen molar-refractivity contribution in [1.82, 2.24) is 20.0 Å². The number of benzene rings is 1. The molecule has 6 nitrogen and oxygen atoms in total. The molecule has 0 aliphatic heterocycles. The first-order valence-corrected chi connectivity index (χ1v) is 7.83. The first-order valence-electron chi connectivity index (χ1n) is 7.45. The zero-order valence-corrected chi connectivity index (χ0v) is 14.2. The van der Waals surface area contributed by atoms with Crippen molar-refractivity contribution in [3.05, 3.63) is 64.1 Å². The van der Waals surface area contributed by atoms with Crippen molar-refractivity contribution in [3.8, 4) is 0 Å². The van der Waals surface area contributed by atoms with Gasteiger partial charge in [-0.2, -0.15) is 23.4 Å². The van der Waals surface area contributed by atoms with Crippen LogP contribution in [0.15, 0.2) is 36.4 Å². The van der Waals surface area contributed by atoms with E-state index < -0.39 is 17.8 Å². The average Bonchev–Trinajstić information content (AvgIpc) is 3.17. The number of aromatic amines is 1. The Bertz CT molecular complexity index is 930. The second-order valence-electron chi connectivity index (χ2n) is 5.57. The summed E-state index contributed by atoms with van der Waals surface area (Å²) in [6.45, 7) is 2.26. The summed E-state index contributed by atoms with van der Waals surface area (Å²) < 4.78 is 39.3. The fraction of sp³-hybridized carbons (Fsp3) is 0.188. The number of aromatic nitrogens is 4. The minimum atomic E-state index is -4.59. The van der Waals surface area contributed by atoms with Crippen LogP contribution in [-0.2, 0) is 12.7 Å². The maximum absolute atomic E-state index is 12.6. The quantitative estimate of drug-likeness (QED) is 0.717. The summed E-state index contributed by atoms with van der Waals surface area (Å²) in [5.74, 6) is -0.564. The monoisotopic (exact) mass is 383 g/mol. The van der Waals surface area contributed by atoms with E-state index in [4.69, 9.17) is 11.6 Å². The van der Waals surface area contributed by atoms with Gasteiger partial charge in [0.25, 0.3) is 5.91 Å². The number of carbonyl (C=O) groups excluding carboxylic acids is 1. The highest BCUT2D eigenvalue weighted by Crippen LogP contribution is 2.27. The maximum atomic E-state index is 12.6. The first-order chi connectivity index (χ1) is 12.2. The molecule has 0 unspecified atom stereocenters. The molecule has 2 N–H and O–H groups in total. The predicted molar refractivity (Wildman–Crippen MR) is 89.1 cm³/mol. The number of alkyl halides is 3. The molecule has 0 saturated carbocycles. The van der Waals surface area contributed by atoms with E-state index in [-0.39, 0.29) is 11.5 Å². The molecule has 0 radical (unpaired) electrons. The predicted octanol–water partition coefficient (Wildman–Crippen LogP) is 3.89. The number of hydrogen-bond donors (Lipinski definition) is 2. The number of anilines is 1. The van der Waals surface area contributed by atoms with Crippen LogP contribution in [0.4, 0.5) is 19.0 Å². The Morgan fingerprint density at radius 3 is 2.58 bits per heavy atom. The molecule has 0 spiro atoms. The number of halogens is 4. The van der Waals surface area contributed by atoms with Crippen molar-refractivity contribution in [3.63, 3.8) is 0 Å². The van der Waals surface area contributed by atoms with Crippen molar-refractivity contribution < 1.29 is 18.0 Å². The normalized spacial score (nSPS) is 11.6. The molecular formula is C16H13ClF3N5O. The lowest BCUT2D eigenvalue weighted by Crippen LogP contribution is -2.13. The van der Waals surface area contributed by atoms with Crippen molar-refractivity contribution >= 4 is 23.3 Å². The lowest BCUT2D eigenvalue weighted by molar-refractivity contribution is -0.141. The van der Waals surface area contributed by atoms with Gasteiger partial charge in [0.15, 0.2) is 11.5 Å². The minimum absolute atomic E-state index is 0.220. The fourth-order valence-electron chi connectivity index (χ4n) is 2.26. The second kappa shape index (κ2) is 6.83. The van der Waals surface area contributed by atoms with Crippen molar-refractivity contribution in [2.24, 2.45) is 0 Å². The lowest BCUT2D eigenvalue weighted by Gasteiger charge is -2.04. The molecule has 0 fully saturated rings. The van der Waals surface area contributed by atoms with Crippen LogP contribution in [0.1, 0.15) is 27.4 Å². The number of nitrogens with one attached hydrogen (secondary N) is 2. The van der Waals surface area contributed by atoms with Gasteiger partial charge in [0.1, 0.15) is 5.69 Å². The van der Waals surface area contributed by atoms with Gasteiger partial charge in [-0.1, -0.05) is 23.7 Å². The summed E-state index contributed by atoms with van der Waals surface area (Å²) in [6, 6.07) is 9.48. The molecule has 0 saturated heterocycles. The zero-order valence-electron chi connectivity index (χ0n) is 13.4. The van der Waals surface area contributed by atoms with Gasteiger partial charge in [0, 0.05) is 22.8 Å². The molecule has 3 rings (SSSR count). The van der Waals surface area contributed by atoms with Crippen LogP contribution in [0.3, 0.4) is 0 Å². The number of carbonyl (C=O) groups is 1. The Kier molecular flexibility index (Phi) is 4.73. The van der Waals surface area contributed by atoms with Gasteiger partial charge in [0.2, 0.25) is 0 Å². The molecular weight excluding hydrogens is 371 g/mol. The molecule has 3 aromatic rings. The molecule has 0 bridgehead atoms. The van der Waals surface area contributed by atoms with E-state index in [2.05, 4.69) is 15.5 Å². The van der Waals surface area contributed by atoms with E-state index in [9.17, 15) is 18.0 Å². The van der Waals surface area contributed by atoms with Crippen LogP contribution >= 0.6 is 11.6 Å². The number of H-pyrrole nitrogens is 1. The van der Waals surface area contributed by atoms with Crippen LogP contribution in [0.25, 0.3) is 0 Å². The SMILES string of the molecule is Cc1cc(NC(=O)c2cc(C(F)(F)F)[nH]n2)nn1Cc1ccc(Cl)cc1. The van der Waals surface area contributed by atoms with Gasteiger partial charge >= 0.3 is 6.18 Å². The van der Waals surface area contributed by atoms with E-state index >= 15 is 0 Å². The molecule has 136 valence electrons. The third-order valence-electron chi connectivity index (χ3n) is 3.58. The standard InChI is InChI=1S/C16H13ClF3N5O/c1-9-6-14(24-25(9)8-10-2-4-11(17)5-3-10)21-15(26)12-7-13(23-22-12)16(18,19)20/h2-7H,8H2,1H3,(H,22,23)(H,21,24,26). The number of hydrogen-bond acceptors (Lipinski definition) is 3. The van der Waals surface area contributed by atoms with Crippen LogP contribution in [0, 0.1) is 6.92 Å². The van der Waals surface area contributed by atoms with Gasteiger partial charge in [-0.15, -0.1) is 0 Å². The lowest BCUT2D eigenvalue weighted by atomic mass is 10.2. The number of aryl methyl sites for hydroxylation is 1. The van der Waals surface area contributed by atoms with E-state index in [1.165, 1.54) is 0 Å². The Labute approximate surface area is 151 Å². The summed E-state index contributed by atoms with van der Waals surface area (Å²) in [5.41, 5.74) is 0.267. The summed E-state index contributed by atoms with van der Waals surface area (Å²) in [6.07, 6.45) is -4.59. The number of amides is 1. The van der Waals surface area contributed by atoms with Crippen molar-refractivity contribution in [2.45, 2.75) is 19.6 Å². The van der Waals surface area contributed by atoms with Gasteiger partial charge < -0.3 is 5.32 Å². The molecule has 26 heavy (non-hydrogen) atoms. The third-order valence-corrected chi connectivity index (χ3v) is 3.84. The third kappa shape index (κ3) is 4.05. The second-order valence-corrected chi connectivity index (χ2v) is 6.01. The zero-order chi connectivity index (χ0) is 18.9. The molecule has 2 aromatic heterocycles. The molecule has 1 amide bonds. The van der Waals surface area contributed by atoms with E-state index in [0.29, 0.717) is 17.6 Å². The average molecular weight is 384 g/mol. The van der Waals surface area contributed by atoms with Crippen molar-refractivity contribution in [2.75, 3.05) is 5.32 Å². The highest BCUT2D eigenvalue weighted by atomic mass is 35.5. The minimum Gasteiger partial charge on any atom is -0.304 e. The van der Waals surface area contributed by atoms with E-state index in [1.807, 2.05) is 12.1 Å². The first kappa shape index (κ1) is 18.0. The summed E-state index contributed by atoms with van der Waals surface area (Å²) in [4.78, 5) is 12.0. The summed E-state index contributed by atoms with van der Waals surface area (Å²) in [7, 11) is 0. The molecule has 0 atom stereocenters. The molecule has 10 heteroatoms. The summed E-state index contributed by atoms with van der Waals surface area (Å²) >= 11 is 5.85. The topological polar surface area (TPSA) is 75.6 Å². The molecule has 1 aromatic carbocycles. The Morgan fingerprint density at radius 2 is 1.96 bits per heavy atom. The van der Waals surface area contributed by atoms with Crippen LogP contribution in [-0.4, -0.2) is 25.9 Å². The van der Waals surface area contributed by atoms with Crippen LogP contribution in [0.2, 0.25) is 5.02 Å². The molecule has 2 heterocycles. The van der Waals surface area contributed by atoms with Gasteiger partial charge in [-0.25, -0.2) is 0 Å². The molecule has 0 aliphatic carbocycles. The molecule has 0 aliphatic rings. The van der Waals surface area contributed by atoms with Gasteiger partial charge in [-0.3, -0.25) is 14.6 Å². The van der Waals surface area contributed by atoms with E-state index in [1.54, 1.807) is 34.9 Å². The highest BCUT2D eigenvalue weighted by Gasteiger charge is 2.33. The largest absolute Gasteiger partial charge is 0.432 e.